The molecule has 0 radical (unpaired) electrons. The molecule has 2 amide bonds. The van der Waals surface area contributed by atoms with E-state index in [2.05, 4.69) is 20.8 Å². The van der Waals surface area contributed by atoms with Crippen LogP contribution in [0.5, 0.6) is 0 Å². The van der Waals surface area contributed by atoms with Crippen molar-refractivity contribution >= 4 is 23.2 Å². The summed E-state index contributed by atoms with van der Waals surface area (Å²) in [5.41, 5.74) is 0.504. The molecule has 0 aromatic carbocycles. The van der Waals surface area contributed by atoms with Crippen LogP contribution in [-0.4, -0.2) is 42.8 Å². The smallest absolute Gasteiger partial charge is 0.309 e. The SMILES string of the molecule is CCn1cc(NC(=O)C(C)n2ncc([N+](=O)[O-])c2C)c(C(=O)NCC(C)C)n1. The molecule has 0 bridgehead atoms. The van der Waals surface area contributed by atoms with Gasteiger partial charge < -0.3 is 10.6 Å². The van der Waals surface area contributed by atoms with Gasteiger partial charge in [0.2, 0.25) is 5.91 Å². The second-order valence-corrected chi connectivity index (χ2v) is 6.83. The summed E-state index contributed by atoms with van der Waals surface area (Å²) in [4.78, 5) is 35.5. The molecule has 2 rings (SSSR count). The summed E-state index contributed by atoms with van der Waals surface area (Å²) < 4.78 is 2.82. The van der Waals surface area contributed by atoms with E-state index in [4.69, 9.17) is 0 Å². The summed E-state index contributed by atoms with van der Waals surface area (Å²) in [6.45, 7) is 9.92. The van der Waals surface area contributed by atoms with Crippen molar-refractivity contribution in [3.8, 4) is 0 Å². The van der Waals surface area contributed by atoms with Crippen LogP contribution in [0.2, 0.25) is 0 Å². The minimum absolute atomic E-state index is 0.117. The number of carbonyl (C=O) groups excluding carboxylic acids is 2. The number of aryl methyl sites for hydroxylation is 1. The number of nitrogens with one attached hydrogen (secondary N) is 2. The molecule has 11 heteroatoms. The average molecular weight is 391 g/mol. The number of aromatic nitrogens is 4. The average Bonchev–Trinajstić information content (AvgIpc) is 3.22. The summed E-state index contributed by atoms with van der Waals surface area (Å²) in [5, 5.41) is 24.6. The Hall–Kier alpha value is -3.24. The van der Waals surface area contributed by atoms with Crippen molar-refractivity contribution in [1.82, 2.24) is 24.9 Å². The molecule has 11 nitrogen and oxygen atoms in total. The molecule has 2 N–H and O–H groups in total. The molecule has 0 saturated heterocycles. The van der Waals surface area contributed by atoms with Gasteiger partial charge in [-0.1, -0.05) is 13.8 Å². The number of rotatable bonds is 8. The first-order chi connectivity index (χ1) is 13.1. The number of nitro groups is 1. The summed E-state index contributed by atoms with van der Waals surface area (Å²) >= 11 is 0. The van der Waals surface area contributed by atoms with Crippen LogP contribution in [0.3, 0.4) is 0 Å². The van der Waals surface area contributed by atoms with Crippen LogP contribution in [-0.2, 0) is 11.3 Å². The van der Waals surface area contributed by atoms with Crippen LogP contribution in [0, 0.1) is 23.0 Å². The summed E-state index contributed by atoms with van der Waals surface area (Å²) in [5.74, 6) is -0.571. The summed E-state index contributed by atoms with van der Waals surface area (Å²) in [7, 11) is 0. The summed E-state index contributed by atoms with van der Waals surface area (Å²) in [6.07, 6.45) is 2.69. The molecule has 1 atom stereocenters. The highest BCUT2D eigenvalue weighted by molar-refractivity contribution is 6.03. The Bertz CT molecular complexity index is 884. The molecule has 1 unspecified atom stereocenters. The lowest BCUT2D eigenvalue weighted by molar-refractivity contribution is -0.385. The predicted molar refractivity (Wildman–Crippen MR) is 102 cm³/mol. The van der Waals surface area contributed by atoms with Crippen LogP contribution in [0.4, 0.5) is 11.4 Å². The van der Waals surface area contributed by atoms with E-state index in [9.17, 15) is 19.7 Å². The van der Waals surface area contributed by atoms with Gasteiger partial charge in [-0.25, -0.2) is 0 Å². The first-order valence-electron chi connectivity index (χ1n) is 9.00. The standard InChI is InChI=1S/C17H25N7O4/c1-6-22-9-13(15(21-22)17(26)18-7-10(2)3)20-16(25)12(5)23-11(4)14(8-19-23)24(27)28/h8-10,12H,6-7H2,1-5H3,(H,18,26)(H,20,25). The zero-order chi connectivity index (χ0) is 21.0. The Balaban J connectivity index is 2.22. The van der Waals surface area contributed by atoms with Gasteiger partial charge in [0.1, 0.15) is 17.9 Å². The number of amides is 2. The van der Waals surface area contributed by atoms with E-state index < -0.39 is 16.9 Å². The van der Waals surface area contributed by atoms with E-state index in [1.165, 1.54) is 11.6 Å². The van der Waals surface area contributed by atoms with Gasteiger partial charge in [-0.2, -0.15) is 10.2 Å². The van der Waals surface area contributed by atoms with Gasteiger partial charge in [0.15, 0.2) is 5.69 Å². The zero-order valence-corrected chi connectivity index (χ0v) is 16.6. The van der Waals surface area contributed by atoms with E-state index >= 15 is 0 Å². The van der Waals surface area contributed by atoms with Crippen LogP contribution >= 0.6 is 0 Å². The van der Waals surface area contributed by atoms with Crippen molar-refractivity contribution < 1.29 is 14.5 Å². The highest BCUT2D eigenvalue weighted by Gasteiger charge is 2.26. The van der Waals surface area contributed by atoms with Gasteiger partial charge in [-0.3, -0.25) is 29.1 Å². The lowest BCUT2D eigenvalue weighted by atomic mass is 10.2. The Morgan fingerprint density at radius 1 is 1.32 bits per heavy atom. The molecule has 0 aliphatic rings. The second-order valence-electron chi connectivity index (χ2n) is 6.83. The van der Waals surface area contributed by atoms with Crippen molar-refractivity contribution in [3.63, 3.8) is 0 Å². The third-order valence-corrected chi connectivity index (χ3v) is 4.19. The number of nitrogens with zero attached hydrogens (tertiary/aromatic N) is 5. The molecule has 28 heavy (non-hydrogen) atoms. The fourth-order valence-electron chi connectivity index (χ4n) is 2.56. The Morgan fingerprint density at radius 2 is 2.00 bits per heavy atom. The molecule has 0 saturated carbocycles. The predicted octanol–water partition coefficient (Wildman–Crippen LogP) is 1.90. The molecular weight excluding hydrogens is 366 g/mol. The van der Waals surface area contributed by atoms with Crippen molar-refractivity contribution in [2.45, 2.75) is 47.2 Å². The third kappa shape index (κ3) is 4.53. The lowest BCUT2D eigenvalue weighted by Gasteiger charge is -2.14. The molecule has 0 aliphatic heterocycles. The van der Waals surface area contributed by atoms with E-state index in [1.807, 2.05) is 20.8 Å². The molecular formula is C17H25N7O4. The van der Waals surface area contributed by atoms with Gasteiger partial charge in [0, 0.05) is 19.3 Å². The number of hydrogen-bond acceptors (Lipinski definition) is 6. The minimum Gasteiger partial charge on any atom is -0.350 e. The molecule has 152 valence electrons. The van der Waals surface area contributed by atoms with Gasteiger partial charge in [0.25, 0.3) is 5.91 Å². The van der Waals surface area contributed by atoms with Crippen molar-refractivity contribution in [2.24, 2.45) is 5.92 Å². The largest absolute Gasteiger partial charge is 0.350 e. The summed E-state index contributed by atoms with van der Waals surface area (Å²) in [6, 6.07) is -0.815. The fraction of sp³-hybridized carbons (Fsp3) is 0.529. The van der Waals surface area contributed by atoms with Gasteiger partial charge in [0.05, 0.1) is 10.6 Å². The lowest BCUT2D eigenvalue weighted by Crippen LogP contribution is -2.30. The van der Waals surface area contributed by atoms with Crippen LogP contribution in [0.1, 0.15) is 49.9 Å². The van der Waals surface area contributed by atoms with Gasteiger partial charge >= 0.3 is 5.69 Å². The third-order valence-electron chi connectivity index (χ3n) is 4.19. The molecule has 0 fully saturated rings. The van der Waals surface area contributed by atoms with Crippen LogP contribution in [0.25, 0.3) is 0 Å². The number of carbonyl (C=O) groups is 2. The maximum Gasteiger partial charge on any atom is 0.309 e. The monoisotopic (exact) mass is 391 g/mol. The molecule has 0 spiro atoms. The maximum absolute atomic E-state index is 12.7. The normalized spacial score (nSPS) is 12.1. The van der Waals surface area contributed by atoms with E-state index in [-0.39, 0.29) is 34.6 Å². The Morgan fingerprint density at radius 3 is 2.54 bits per heavy atom. The van der Waals surface area contributed by atoms with Crippen molar-refractivity contribution in [1.29, 1.82) is 0 Å². The molecule has 2 heterocycles. The highest BCUT2D eigenvalue weighted by Crippen LogP contribution is 2.22. The molecule has 2 aromatic heterocycles. The first kappa shape index (κ1) is 21.1. The Labute approximate surface area is 162 Å². The Kier molecular flexibility index (Phi) is 6.49. The highest BCUT2D eigenvalue weighted by atomic mass is 16.6. The fourth-order valence-corrected chi connectivity index (χ4v) is 2.56. The van der Waals surface area contributed by atoms with Crippen LogP contribution in [0.15, 0.2) is 12.4 Å². The van der Waals surface area contributed by atoms with Gasteiger partial charge in [-0.15, -0.1) is 0 Å². The number of anilines is 1. The number of hydrogen-bond donors (Lipinski definition) is 2. The zero-order valence-electron chi connectivity index (χ0n) is 16.6. The van der Waals surface area contributed by atoms with Crippen LogP contribution < -0.4 is 10.6 Å². The maximum atomic E-state index is 12.7. The van der Waals surface area contributed by atoms with Crippen molar-refractivity contribution in [2.75, 3.05) is 11.9 Å². The topological polar surface area (TPSA) is 137 Å². The quantitative estimate of drug-likeness (QED) is 0.521. The minimum atomic E-state index is -0.815. The van der Waals surface area contributed by atoms with Crippen molar-refractivity contribution in [3.05, 3.63) is 33.9 Å². The van der Waals surface area contributed by atoms with E-state index in [1.54, 1.807) is 17.8 Å². The van der Waals surface area contributed by atoms with Gasteiger partial charge in [-0.05, 0) is 26.7 Å². The first-order valence-corrected chi connectivity index (χ1v) is 9.00. The molecule has 0 aliphatic carbocycles. The molecule has 2 aromatic rings. The van der Waals surface area contributed by atoms with E-state index in [0.29, 0.717) is 13.1 Å². The van der Waals surface area contributed by atoms with E-state index in [0.717, 1.165) is 6.20 Å². The second kappa shape index (κ2) is 8.63.